The van der Waals surface area contributed by atoms with Crippen LogP contribution in [0.1, 0.15) is 16.7 Å². The second-order valence-electron chi connectivity index (χ2n) is 5.27. The van der Waals surface area contributed by atoms with Crippen molar-refractivity contribution in [1.29, 1.82) is 0 Å². The molecule has 3 rings (SSSR count). The lowest BCUT2D eigenvalue weighted by Gasteiger charge is -2.11. The van der Waals surface area contributed by atoms with Crippen LogP contribution in [0.25, 0.3) is 0 Å². The lowest BCUT2D eigenvalue weighted by molar-refractivity contribution is 0.284. The van der Waals surface area contributed by atoms with E-state index in [-0.39, 0.29) is 0 Å². The Hall–Kier alpha value is -3.15. The molecule has 2 aromatic carbocycles. The summed E-state index contributed by atoms with van der Waals surface area (Å²) in [5.41, 5.74) is 3.22. The molecule has 0 amide bonds. The van der Waals surface area contributed by atoms with Crippen LogP contribution < -0.4 is 9.47 Å². The van der Waals surface area contributed by atoms with E-state index in [4.69, 9.17) is 9.47 Å². The summed E-state index contributed by atoms with van der Waals surface area (Å²) in [5, 5.41) is 11.6. The highest BCUT2D eigenvalue weighted by Gasteiger charge is 2.06. The predicted octanol–water partition coefficient (Wildman–Crippen LogP) is 3.06. The number of aryl methyl sites for hydroxylation is 1. The first-order chi connectivity index (χ1) is 11.7. The number of hydrogen-bond acceptors (Lipinski definition) is 5. The van der Waals surface area contributed by atoms with Crippen molar-refractivity contribution in [3.8, 4) is 11.5 Å². The quantitative estimate of drug-likeness (QED) is 0.654. The zero-order valence-electron chi connectivity index (χ0n) is 13.6. The number of aromatic nitrogens is 3. The minimum Gasteiger partial charge on any atom is -0.493 e. The van der Waals surface area contributed by atoms with Gasteiger partial charge < -0.3 is 9.47 Å². The topological polar surface area (TPSA) is 61.5 Å². The zero-order valence-corrected chi connectivity index (χ0v) is 13.6. The molecule has 0 unspecified atom stereocenters. The molecule has 0 saturated carbocycles. The fourth-order valence-electron chi connectivity index (χ4n) is 2.12. The van der Waals surface area contributed by atoms with Crippen molar-refractivity contribution in [2.45, 2.75) is 13.5 Å². The largest absolute Gasteiger partial charge is 0.493 e. The lowest BCUT2D eigenvalue weighted by atomic mass is 10.1. The maximum Gasteiger partial charge on any atom is 0.162 e. The first-order valence-electron chi connectivity index (χ1n) is 7.50. The van der Waals surface area contributed by atoms with Gasteiger partial charge in [-0.3, -0.25) is 0 Å². The fraction of sp³-hybridized carbons (Fsp3) is 0.167. The number of benzene rings is 2. The van der Waals surface area contributed by atoms with E-state index in [1.54, 1.807) is 13.3 Å². The normalized spacial score (nSPS) is 10.9. The molecule has 1 aromatic heterocycles. The fourth-order valence-corrected chi connectivity index (χ4v) is 2.12. The SMILES string of the molecule is COc1ccc(/C=N\n2cnnc2)cc1OCc1ccc(C)cc1. The van der Waals surface area contributed by atoms with Crippen molar-refractivity contribution in [1.82, 2.24) is 14.9 Å². The summed E-state index contributed by atoms with van der Waals surface area (Å²) >= 11 is 0. The molecule has 0 bridgehead atoms. The van der Waals surface area contributed by atoms with Crippen LogP contribution in [0.15, 0.2) is 60.2 Å². The molecule has 0 spiro atoms. The van der Waals surface area contributed by atoms with E-state index >= 15 is 0 Å². The van der Waals surface area contributed by atoms with Gasteiger partial charge in [0.05, 0.1) is 13.3 Å². The van der Waals surface area contributed by atoms with Gasteiger partial charge in [0.1, 0.15) is 19.3 Å². The van der Waals surface area contributed by atoms with Gasteiger partial charge in [-0.2, -0.15) is 5.10 Å². The third-order valence-corrected chi connectivity index (χ3v) is 3.45. The summed E-state index contributed by atoms with van der Waals surface area (Å²) in [6.45, 7) is 2.54. The molecule has 6 heteroatoms. The van der Waals surface area contributed by atoms with Crippen LogP contribution in [-0.2, 0) is 6.61 Å². The van der Waals surface area contributed by atoms with Gasteiger partial charge in [0.15, 0.2) is 11.5 Å². The highest BCUT2D eigenvalue weighted by Crippen LogP contribution is 2.28. The Labute approximate surface area is 140 Å². The van der Waals surface area contributed by atoms with Gasteiger partial charge in [0.2, 0.25) is 0 Å². The first-order valence-corrected chi connectivity index (χ1v) is 7.50. The van der Waals surface area contributed by atoms with Crippen LogP contribution in [0, 0.1) is 6.92 Å². The Morgan fingerprint density at radius 2 is 1.79 bits per heavy atom. The second-order valence-corrected chi connectivity index (χ2v) is 5.27. The van der Waals surface area contributed by atoms with Gasteiger partial charge in [0, 0.05) is 0 Å². The van der Waals surface area contributed by atoms with Crippen molar-refractivity contribution < 1.29 is 9.47 Å². The summed E-state index contributed by atoms with van der Waals surface area (Å²) in [6.07, 6.45) is 4.76. The van der Waals surface area contributed by atoms with Gasteiger partial charge in [-0.1, -0.05) is 29.8 Å². The van der Waals surface area contributed by atoms with Gasteiger partial charge in [-0.25, -0.2) is 4.68 Å². The Balaban J connectivity index is 1.75. The maximum absolute atomic E-state index is 5.91. The maximum atomic E-state index is 5.91. The molecule has 6 nitrogen and oxygen atoms in total. The second kappa shape index (κ2) is 7.41. The van der Waals surface area contributed by atoms with E-state index in [0.717, 1.165) is 11.1 Å². The average Bonchev–Trinajstić information content (AvgIpc) is 3.13. The predicted molar refractivity (Wildman–Crippen MR) is 91.5 cm³/mol. The summed E-state index contributed by atoms with van der Waals surface area (Å²) in [5.74, 6) is 1.36. The summed E-state index contributed by atoms with van der Waals surface area (Å²) < 4.78 is 12.8. The Kier molecular flexibility index (Phi) is 4.86. The highest BCUT2D eigenvalue weighted by molar-refractivity contribution is 5.80. The van der Waals surface area contributed by atoms with Crippen LogP contribution in [0.2, 0.25) is 0 Å². The number of rotatable bonds is 6. The molecule has 1 heterocycles. The van der Waals surface area contributed by atoms with Crippen molar-refractivity contribution in [2.24, 2.45) is 5.10 Å². The molecule has 0 aliphatic carbocycles. The number of nitrogens with zero attached hydrogens (tertiary/aromatic N) is 4. The Morgan fingerprint density at radius 1 is 1.04 bits per heavy atom. The summed E-state index contributed by atoms with van der Waals surface area (Å²) in [6, 6.07) is 13.9. The monoisotopic (exact) mass is 322 g/mol. The van der Waals surface area contributed by atoms with Crippen molar-refractivity contribution in [3.05, 3.63) is 71.8 Å². The average molecular weight is 322 g/mol. The molecule has 0 saturated heterocycles. The molecule has 0 N–H and O–H groups in total. The molecule has 0 aliphatic heterocycles. The van der Waals surface area contributed by atoms with Crippen LogP contribution in [0.5, 0.6) is 11.5 Å². The summed E-state index contributed by atoms with van der Waals surface area (Å²) in [7, 11) is 1.62. The van der Waals surface area contributed by atoms with Gasteiger partial charge in [0.25, 0.3) is 0 Å². The van der Waals surface area contributed by atoms with Crippen LogP contribution in [0.3, 0.4) is 0 Å². The molecule has 3 aromatic rings. The smallest absolute Gasteiger partial charge is 0.162 e. The third kappa shape index (κ3) is 3.98. The van der Waals surface area contributed by atoms with Gasteiger partial charge in [-0.05, 0) is 36.2 Å². The number of hydrogen-bond donors (Lipinski definition) is 0. The van der Waals surface area contributed by atoms with Gasteiger partial charge in [-0.15, -0.1) is 10.2 Å². The van der Waals surface area contributed by atoms with Crippen molar-refractivity contribution in [3.63, 3.8) is 0 Å². The van der Waals surface area contributed by atoms with E-state index in [1.807, 2.05) is 18.2 Å². The minimum absolute atomic E-state index is 0.475. The number of methoxy groups -OCH3 is 1. The van der Waals surface area contributed by atoms with Crippen molar-refractivity contribution >= 4 is 6.21 Å². The molecular formula is C18H18N4O2. The molecule has 122 valence electrons. The molecular weight excluding hydrogens is 304 g/mol. The van der Waals surface area contributed by atoms with Crippen molar-refractivity contribution in [2.75, 3.05) is 7.11 Å². The van der Waals surface area contributed by atoms with Crippen LogP contribution >= 0.6 is 0 Å². The Bertz CT molecular complexity index is 812. The molecule has 24 heavy (non-hydrogen) atoms. The van der Waals surface area contributed by atoms with E-state index in [0.29, 0.717) is 18.1 Å². The molecule has 0 radical (unpaired) electrons. The molecule has 0 atom stereocenters. The number of ether oxygens (including phenoxy) is 2. The van der Waals surface area contributed by atoms with E-state index in [1.165, 1.54) is 22.9 Å². The van der Waals surface area contributed by atoms with E-state index in [2.05, 4.69) is 46.5 Å². The standard InChI is InChI=1S/C18H18N4O2/c1-14-3-5-15(6-4-14)11-24-18-9-16(7-8-17(18)23-2)10-21-22-12-19-20-13-22/h3-10,12-13H,11H2,1-2H3/b21-10-. The highest BCUT2D eigenvalue weighted by atomic mass is 16.5. The Morgan fingerprint density at radius 3 is 2.50 bits per heavy atom. The van der Waals surface area contributed by atoms with E-state index < -0.39 is 0 Å². The first kappa shape index (κ1) is 15.7. The molecule has 0 aliphatic rings. The minimum atomic E-state index is 0.475. The molecule has 0 fully saturated rings. The zero-order chi connectivity index (χ0) is 16.8. The lowest BCUT2D eigenvalue weighted by Crippen LogP contribution is -1.99. The van der Waals surface area contributed by atoms with Crippen LogP contribution in [-0.4, -0.2) is 28.2 Å². The van der Waals surface area contributed by atoms with Crippen LogP contribution in [0.4, 0.5) is 0 Å². The van der Waals surface area contributed by atoms with E-state index in [9.17, 15) is 0 Å². The van der Waals surface area contributed by atoms with Gasteiger partial charge >= 0.3 is 0 Å². The summed E-state index contributed by atoms with van der Waals surface area (Å²) in [4.78, 5) is 0. The third-order valence-electron chi connectivity index (χ3n) is 3.45.